The summed E-state index contributed by atoms with van der Waals surface area (Å²) in [6.45, 7) is 1.55. The number of benzene rings is 2. The molecule has 0 bridgehead atoms. The number of ether oxygens (including phenoxy) is 2. The van der Waals surface area contributed by atoms with Crippen molar-refractivity contribution >= 4 is 33.5 Å². The predicted molar refractivity (Wildman–Crippen MR) is 103 cm³/mol. The molecule has 1 atom stereocenters. The maximum absolute atomic E-state index is 12.3. The van der Waals surface area contributed by atoms with Gasteiger partial charge in [-0.3, -0.25) is 4.79 Å². The van der Waals surface area contributed by atoms with Crippen LogP contribution in [0.3, 0.4) is 0 Å². The van der Waals surface area contributed by atoms with Crippen LogP contribution in [-0.2, 0) is 22.4 Å². The molecular formula is C20H20BrNO4. The zero-order valence-corrected chi connectivity index (χ0v) is 16.3. The van der Waals surface area contributed by atoms with E-state index in [1.54, 1.807) is 32.2 Å². The van der Waals surface area contributed by atoms with E-state index in [9.17, 15) is 9.59 Å². The van der Waals surface area contributed by atoms with Gasteiger partial charge in [-0.05, 0) is 83.6 Å². The first-order chi connectivity index (χ1) is 12.5. The molecule has 0 saturated carbocycles. The lowest BCUT2D eigenvalue weighted by atomic mass is 10.1. The molecule has 0 radical (unpaired) electrons. The van der Waals surface area contributed by atoms with Crippen LogP contribution in [0.2, 0.25) is 0 Å². The summed E-state index contributed by atoms with van der Waals surface area (Å²) in [6, 6.07) is 10.8. The average Bonchev–Trinajstić information content (AvgIpc) is 3.09. The Hall–Kier alpha value is -2.34. The first-order valence-corrected chi connectivity index (χ1v) is 9.24. The van der Waals surface area contributed by atoms with E-state index in [1.807, 2.05) is 18.2 Å². The Morgan fingerprint density at radius 2 is 1.88 bits per heavy atom. The monoisotopic (exact) mass is 417 g/mol. The van der Waals surface area contributed by atoms with E-state index in [1.165, 1.54) is 11.1 Å². The van der Waals surface area contributed by atoms with Gasteiger partial charge in [0.2, 0.25) is 0 Å². The average molecular weight is 418 g/mol. The van der Waals surface area contributed by atoms with Crippen molar-refractivity contribution in [3.05, 3.63) is 57.6 Å². The second-order valence-corrected chi connectivity index (χ2v) is 7.08. The summed E-state index contributed by atoms with van der Waals surface area (Å²) in [4.78, 5) is 24.6. The van der Waals surface area contributed by atoms with Crippen molar-refractivity contribution in [1.29, 1.82) is 0 Å². The second-order valence-electron chi connectivity index (χ2n) is 6.22. The van der Waals surface area contributed by atoms with Gasteiger partial charge in [0.15, 0.2) is 6.10 Å². The van der Waals surface area contributed by atoms with Gasteiger partial charge < -0.3 is 14.8 Å². The number of nitrogens with one attached hydrogen (secondary N) is 1. The van der Waals surface area contributed by atoms with E-state index in [0.717, 1.165) is 24.9 Å². The van der Waals surface area contributed by atoms with Crippen LogP contribution < -0.4 is 10.1 Å². The summed E-state index contributed by atoms with van der Waals surface area (Å²) in [5, 5.41) is 2.81. The van der Waals surface area contributed by atoms with Crippen LogP contribution in [0, 0.1) is 0 Å². The lowest BCUT2D eigenvalue weighted by molar-refractivity contribution is -0.123. The number of methoxy groups -OCH3 is 1. The van der Waals surface area contributed by atoms with E-state index in [0.29, 0.717) is 15.8 Å². The fourth-order valence-electron chi connectivity index (χ4n) is 2.97. The highest BCUT2D eigenvalue weighted by Crippen LogP contribution is 2.26. The highest BCUT2D eigenvalue weighted by Gasteiger charge is 2.20. The quantitative estimate of drug-likeness (QED) is 0.742. The van der Waals surface area contributed by atoms with Crippen molar-refractivity contribution in [2.75, 3.05) is 12.4 Å². The summed E-state index contributed by atoms with van der Waals surface area (Å²) in [6.07, 6.45) is 2.37. The van der Waals surface area contributed by atoms with Crippen LogP contribution in [0.25, 0.3) is 0 Å². The van der Waals surface area contributed by atoms with Crippen molar-refractivity contribution in [2.24, 2.45) is 0 Å². The number of anilines is 1. The number of hydrogen-bond donors (Lipinski definition) is 1. The molecule has 0 spiro atoms. The topological polar surface area (TPSA) is 64.6 Å². The summed E-state index contributed by atoms with van der Waals surface area (Å²) >= 11 is 3.33. The number of carbonyl (C=O) groups excluding carboxylic acids is 2. The van der Waals surface area contributed by atoms with E-state index in [4.69, 9.17) is 9.47 Å². The minimum absolute atomic E-state index is 0.342. The molecule has 5 nitrogen and oxygen atoms in total. The predicted octanol–water partition coefficient (Wildman–Crippen LogP) is 4.13. The molecule has 1 N–H and O–H groups in total. The smallest absolute Gasteiger partial charge is 0.338 e. The van der Waals surface area contributed by atoms with Crippen molar-refractivity contribution in [3.8, 4) is 5.75 Å². The first kappa shape index (κ1) is 18.5. The lowest BCUT2D eigenvalue weighted by Crippen LogP contribution is -2.30. The molecule has 1 aliphatic rings. The third-order valence-corrected chi connectivity index (χ3v) is 5.03. The standard InChI is InChI=1S/C20H20BrNO4/c1-12(26-20(24)15-7-9-18(25-2)17(21)11-15)19(23)22-16-8-6-13-4-3-5-14(13)10-16/h6-12H,3-5H2,1-2H3,(H,22,23)/t12-/m0/s1. The van der Waals surface area contributed by atoms with E-state index in [2.05, 4.69) is 21.2 Å². The summed E-state index contributed by atoms with van der Waals surface area (Å²) < 4.78 is 11.1. The van der Waals surface area contributed by atoms with Crippen molar-refractivity contribution in [2.45, 2.75) is 32.3 Å². The highest BCUT2D eigenvalue weighted by atomic mass is 79.9. The molecule has 2 aromatic carbocycles. The zero-order chi connectivity index (χ0) is 18.7. The number of esters is 1. The lowest BCUT2D eigenvalue weighted by Gasteiger charge is -2.14. The van der Waals surface area contributed by atoms with Crippen molar-refractivity contribution < 1.29 is 19.1 Å². The molecule has 0 unspecified atom stereocenters. The largest absolute Gasteiger partial charge is 0.496 e. The molecule has 26 heavy (non-hydrogen) atoms. The van der Waals surface area contributed by atoms with E-state index < -0.39 is 12.1 Å². The number of hydrogen-bond acceptors (Lipinski definition) is 4. The molecule has 0 heterocycles. The van der Waals surface area contributed by atoms with Crippen LogP contribution in [-0.4, -0.2) is 25.1 Å². The molecule has 0 aliphatic heterocycles. The fourth-order valence-corrected chi connectivity index (χ4v) is 3.51. The minimum atomic E-state index is -0.906. The third kappa shape index (κ3) is 4.07. The van der Waals surface area contributed by atoms with E-state index in [-0.39, 0.29) is 5.91 Å². The number of amides is 1. The number of rotatable bonds is 5. The molecular weight excluding hydrogens is 398 g/mol. The maximum Gasteiger partial charge on any atom is 0.338 e. The molecule has 0 saturated heterocycles. The Labute approximate surface area is 160 Å². The highest BCUT2D eigenvalue weighted by molar-refractivity contribution is 9.10. The van der Waals surface area contributed by atoms with Crippen LogP contribution in [0.1, 0.15) is 34.8 Å². The fraction of sp³-hybridized carbons (Fsp3) is 0.300. The molecule has 3 rings (SSSR count). The van der Waals surface area contributed by atoms with Gasteiger partial charge in [0.05, 0.1) is 17.1 Å². The Kier molecular flexibility index (Phi) is 5.61. The van der Waals surface area contributed by atoms with Gasteiger partial charge in [-0.15, -0.1) is 0 Å². The Balaban J connectivity index is 1.61. The SMILES string of the molecule is COc1ccc(C(=O)O[C@@H](C)C(=O)Nc2ccc3c(c2)CCC3)cc1Br. The molecule has 6 heteroatoms. The molecule has 0 aromatic heterocycles. The number of fused-ring (bicyclic) bond motifs is 1. The Bertz CT molecular complexity index is 850. The summed E-state index contributed by atoms with van der Waals surface area (Å²) in [7, 11) is 1.55. The third-order valence-electron chi connectivity index (χ3n) is 4.41. The van der Waals surface area contributed by atoms with Crippen LogP contribution >= 0.6 is 15.9 Å². The van der Waals surface area contributed by atoms with Crippen molar-refractivity contribution in [3.63, 3.8) is 0 Å². The normalized spacial score (nSPS) is 13.7. The van der Waals surface area contributed by atoms with Gasteiger partial charge >= 0.3 is 5.97 Å². The second kappa shape index (κ2) is 7.91. The number of aryl methyl sites for hydroxylation is 2. The van der Waals surface area contributed by atoms with E-state index >= 15 is 0 Å². The van der Waals surface area contributed by atoms with Gasteiger partial charge in [0, 0.05) is 5.69 Å². The van der Waals surface area contributed by atoms with Gasteiger partial charge in [-0.25, -0.2) is 4.79 Å². The zero-order valence-electron chi connectivity index (χ0n) is 14.7. The molecule has 2 aromatic rings. The Morgan fingerprint density at radius 3 is 2.62 bits per heavy atom. The van der Waals surface area contributed by atoms with Crippen molar-refractivity contribution in [1.82, 2.24) is 0 Å². The molecule has 1 amide bonds. The number of halogens is 1. The molecule has 0 fully saturated rings. The van der Waals surface area contributed by atoms with Gasteiger partial charge in [-0.1, -0.05) is 6.07 Å². The Morgan fingerprint density at radius 1 is 1.12 bits per heavy atom. The van der Waals surface area contributed by atoms with Crippen LogP contribution in [0.5, 0.6) is 5.75 Å². The van der Waals surface area contributed by atoms with Gasteiger partial charge in [-0.2, -0.15) is 0 Å². The van der Waals surface area contributed by atoms with Crippen LogP contribution in [0.4, 0.5) is 5.69 Å². The van der Waals surface area contributed by atoms with Gasteiger partial charge in [0.1, 0.15) is 5.75 Å². The van der Waals surface area contributed by atoms with Crippen LogP contribution in [0.15, 0.2) is 40.9 Å². The number of carbonyl (C=O) groups is 2. The summed E-state index contributed by atoms with van der Waals surface area (Å²) in [5.74, 6) is -0.308. The maximum atomic E-state index is 12.3. The first-order valence-electron chi connectivity index (χ1n) is 8.45. The minimum Gasteiger partial charge on any atom is -0.496 e. The molecule has 1 aliphatic carbocycles. The summed E-state index contributed by atoms with van der Waals surface area (Å²) in [5.41, 5.74) is 3.68. The molecule has 136 valence electrons. The van der Waals surface area contributed by atoms with Gasteiger partial charge in [0.25, 0.3) is 5.91 Å².